The van der Waals surface area contributed by atoms with Crippen molar-refractivity contribution in [2.45, 2.75) is 12.5 Å². The van der Waals surface area contributed by atoms with Gasteiger partial charge in [-0.1, -0.05) is 23.7 Å². The van der Waals surface area contributed by atoms with E-state index in [0.717, 1.165) is 5.56 Å². The number of ether oxygens (including phenoxy) is 1. The molecule has 0 amide bonds. The molecule has 1 atom stereocenters. The van der Waals surface area contributed by atoms with E-state index in [-0.39, 0.29) is 11.5 Å². The molecule has 2 aromatic rings. The van der Waals surface area contributed by atoms with Gasteiger partial charge in [0.2, 0.25) is 5.78 Å². The second kappa shape index (κ2) is 4.59. The molecule has 2 aromatic carbocycles. The van der Waals surface area contributed by atoms with Gasteiger partial charge in [-0.05, 0) is 29.8 Å². The summed E-state index contributed by atoms with van der Waals surface area (Å²) in [5, 5.41) is 10.0. The highest BCUT2D eigenvalue weighted by Gasteiger charge is 2.32. The van der Waals surface area contributed by atoms with E-state index < -0.39 is 6.10 Å². The maximum Gasteiger partial charge on any atom is 0.207 e. The average Bonchev–Trinajstić information content (AvgIpc) is 2.68. The summed E-state index contributed by atoms with van der Waals surface area (Å²) in [5.74, 6) is 0.493. The first kappa shape index (κ1) is 12.1. The van der Waals surface area contributed by atoms with Crippen LogP contribution >= 0.6 is 11.6 Å². The van der Waals surface area contributed by atoms with Crippen molar-refractivity contribution in [2.75, 3.05) is 0 Å². The van der Waals surface area contributed by atoms with Gasteiger partial charge in [-0.2, -0.15) is 0 Å². The number of phenolic OH excluding ortho intramolecular Hbond substituents is 1. The first-order valence-corrected chi connectivity index (χ1v) is 6.29. The molecule has 1 unspecified atom stereocenters. The smallest absolute Gasteiger partial charge is 0.207 e. The lowest BCUT2D eigenvalue weighted by atomic mass is 10.0. The third kappa shape index (κ3) is 2.29. The Labute approximate surface area is 115 Å². The first-order valence-electron chi connectivity index (χ1n) is 5.92. The molecule has 1 aliphatic rings. The summed E-state index contributed by atoms with van der Waals surface area (Å²) in [6, 6.07) is 11.9. The normalized spacial score (nSPS) is 17.1. The quantitative estimate of drug-likeness (QED) is 0.914. The van der Waals surface area contributed by atoms with Crippen molar-refractivity contribution in [3.8, 4) is 11.5 Å². The fourth-order valence-corrected chi connectivity index (χ4v) is 2.29. The average molecular weight is 275 g/mol. The number of aromatic hydroxyl groups is 1. The van der Waals surface area contributed by atoms with Crippen molar-refractivity contribution in [1.82, 2.24) is 0 Å². The van der Waals surface area contributed by atoms with E-state index >= 15 is 0 Å². The highest BCUT2D eigenvalue weighted by molar-refractivity contribution is 6.30. The molecule has 19 heavy (non-hydrogen) atoms. The molecule has 0 aromatic heterocycles. The van der Waals surface area contributed by atoms with Crippen LogP contribution in [-0.2, 0) is 6.42 Å². The highest BCUT2D eigenvalue weighted by atomic mass is 35.5. The number of fused-ring (bicyclic) bond motifs is 1. The maximum absolute atomic E-state index is 12.1. The second-order valence-corrected chi connectivity index (χ2v) is 4.92. The van der Waals surface area contributed by atoms with Gasteiger partial charge in [0.15, 0.2) is 6.10 Å². The van der Waals surface area contributed by atoms with E-state index in [0.29, 0.717) is 22.8 Å². The largest absolute Gasteiger partial charge is 0.508 e. The van der Waals surface area contributed by atoms with Crippen molar-refractivity contribution >= 4 is 17.4 Å². The summed E-state index contributed by atoms with van der Waals surface area (Å²) < 4.78 is 5.59. The Morgan fingerprint density at radius 3 is 2.63 bits per heavy atom. The topological polar surface area (TPSA) is 46.5 Å². The van der Waals surface area contributed by atoms with E-state index in [1.54, 1.807) is 18.2 Å². The molecule has 1 heterocycles. The monoisotopic (exact) mass is 274 g/mol. The van der Waals surface area contributed by atoms with E-state index in [1.165, 1.54) is 12.1 Å². The van der Waals surface area contributed by atoms with Crippen LogP contribution < -0.4 is 4.74 Å². The Balaban J connectivity index is 1.82. The zero-order chi connectivity index (χ0) is 13.4. The molecular weight excluding hydrogens is 264 g/mol. The maximum atomic E-state index is 12.1. The van der Waals surface area contributed by atoms with E-state index in [2.05, 4.69) is 0 Å². The van der Waals surface area contributed by atoms with Gasteiger partial charge in [0.25, 0.3) is 0 Å². The minimum absolute atomic E-state index is 0.0510. The summed E-state index contributed by atoms with van der Waals surface area (Å²) in [6.07, 6.45) is -0.0381. The molecular formula is C15H11ClO3. The third-order valence-electron chi connectivity index (χ3n) is 3.13. The van der Waals surface area contributed by atoms with Crippen molar-refractivity contribution in [3.05, 3.63) is 58.6 Å². The summed E-state index contributed by atoms with van der Waals surface area (Å²) in [4.78, 5) is 12.1. The Hall–Kier alpha value is -2.00. The Morgan fingerprint density at radius 2 is 1.89 bits per heavy atom. The van der Waals surface area contributed by atoms with Gasteiger partial charge in [0, 0.05) is 17.5 Å². The molecule has 1 N–H and O–H groups in total. The SMILES string of the molecule is O=C1c2ccc(O)cc2OC1Cc1ccc(Cl)cc1. The van der Waals surface area contributed by atoms with Gasteiger partial charge in [0.05, 0.1) is 5.56 Å². The van der Waals surface area contributed by atoms with Gasteiger partial charge >= 0.3 is 0 Å². The van der Waals surface area contributed by atoms with Crippen LogP contribution in [0.15, 0.2) is 42.5 Å². The molecule has 0 radical (unpaired) electrons. The van der Waals surface area contributed by atoms with Crippen LogP contribution in [0.25, 0.3) is 0 Å². The van der Waals surface area contributed by atoms with Gasteiger partial charge in [-0.15, -0.1) is 0 Å². The summed E-state index contributed by atoms with van der Waals surface area (Å²) in [7, 11) is 0. The second-order valence-electron chi connectivity index (χ2n) is 4.48. The molecule has 1 aliphatic heterocycles. The number of phenols is 1. The van der Waals surface area contributed by atoms with Crippen molar-refractivity contribution in [3.63, 3.8) is 0 Å². The number of ketones is 1. The number of carbonyl (C=O) groups excluding carboxylic acids is 1. The summed E-state index contributed by atoms with van der Waals surface area (Å²) in [5.41, 5.74) is 1.51. The molecule has 0 aliphatic carbocycles. The standard InChI is InChI=1S/C15H11ClO3/c16-10-3-1-9(2-4-10)7-14-15(18)12-6-5-11(17)8-13(12)19-14/h1-6,8,14,17H,7H2. The molecule has 0 fully saturated rings. The van der Waals surface area contributed by atoms with Gasteiger partial charge in [0.1, 0.15) is 11.5 Å². The van der Waals surface area contributed by atoms with E-state index in [9.17, 15) is 9.90 Å². The Morgan fingerprint density at radius 1 is 1.16 bits per heavy atom. The number of hydrogen-bond acceptors (Lipinski definition) is 3. The van der Waals surface area contributed by atoms with Crippen LogP contribution in [0.4, 0.5) is 0 Å². The van der Waals surface area contributed by atoms with Crippen molar-refractivity contribution in [1.29, 1.82) is 0 Å². The van der Waals surface area contributed by atoms with Crippen LogP contribution in [0.1, 0.15) is 15.9 Å². The molecule has 0 spiro atoms. The van der Waals surface area contributed by atoms with Crippen LogP contribution in [0.3, 0.4) is 0 Å². The lowest BCUT2D eigenvalue weighted by Gasteiger charge is -2.09. The number of benzene rings is 2. The molecule has 0 saturated carbocycles. The van der Waals surface area contributed by atoms with Gasteiger partial charge in [-0.3, -0.25) is 4.79 Å². The predicted molar refractivity (Wildman–Crippen MR) is 72.0 cm³/mol. The lowest BCUT2D eigenvalue weighted by Crippen LogP contribution is -2.23. The number of rotatable bonds is 2. The van der Waals surface area contributed by atoms with E-state index in [1.807, 2.05) is 12.1 Å². The van der Waals surface area contributed by atoms with E-state index in [4.69, 9.17) is 16.3 Å². The van der Waals surface area contributed by atoms with Crippen molar-refractivity contribution < 1.29 is 14.6 Å². The summed E-state index contributed by atoms with van der Waals surface area (Å²) >= 11 is 5.82. The Bertz CT molecular complexity index is 634. The minimum atomic E-state index is -0.530. The number of hydrogen-bond donors (Lipinski definition) is 1. The number of Topliss-reactive ketones (excluding diaryl/α,β-unsaturated/α-hetero) is 1. The van der Waals surface area contributed by atoms with Crippen LogP contribution in [0.2, 0.25) is 5.02 Å². The molecule has 3 nitrogen and oxygen atoms in total. The zero-order valence-electron chi connectivity index (χ0n) is 9.97. The molecule has 0 bridgehead atoms. The zero-order valence-corrected chi connectivity index (χ0v) is 10.7. The van der Waals surface area contributed by atoms with Crippen LogP contribution in [-0.4, -0.2) is 17.0 Å². The van der Waals surface area contributed by atoms with Crippen LogP contribution in [0.5, 0.6) is 11.5 Å². The molecule has 96 valence electrons. The summed E-state index contributed by atoms with van der Waals surface area (Å²) in [6.45, 7) is 0. The van der Waals surface area contributed by atoms with Crippen LogP contribution in [0, 0.1) is 0 Å². The lowest BCUT2D eigenvalue weighted by molar-refractivity contribution is 0.0857. The first-order chi connectivity index (χ1) is 9.13. The Kier molecular flexibility index (Phi) is 2.91. The molecule has 4 heteroatoms. The van der Waals surface area contributed by atoms with Crippen molar-refractivity contribution in [2.24, 2.45) is 0 Å². The van der Waals surface area contributed by atoms with Gasteiger partial charge in [-0.25, -0.2) is 0 Å². The molecule has 0 saturated heterocycles. The highest BCUT2D eigenvalue weighted by Crippen LogP contribution is 2.33. The fourth-order valence-electron chi connectivity index (χ4n) is 2.16. The number of halogens is 1. The number of carbonyl (C=O) groups is 1. The molecule has 3 rings (SSSR count). The predicted octanol–water partition coefficient (Wildman–Crippen LogP) is 3.23. The minimum Gasteiger partial charge on any atom is -0.508 e. The third-order valence-corrected chi connectivity index (χ3v) is 3.38. The fraction of sp³-hybridized carbons (Fsp3) is 0.133. The van der Waals surface area contributed by atoms with Gasteiger partial charge < -0.3 is 9.84 Å².